The van der Waals surface area contributed by atoms with Crippen LogP contribution >= 0.6 is 0 Å². The number of ether oxygens (including phenoxy) is 1. The van der Waals surface area contributed by atoms with E-state index >= 15 is 0 Å². The van der Waals surface area contributed by atoms with Crippen molar-refractivity contribution in [2.75, 3.05) is 26.2 Å². The Hall–Kier alpha value is -1.02. The van der Waals surface area contributed by atoms with Crippen LogP contribution in [0.15, 0.2) is 24.3 Å². The molecule has 1 aromatic carbocycles. The topological polar surface area (TPSA) is 13.7 Å². The molecule has 1 N–H and O–H groups in total. The Morgan fingerprint density at radius 3 is 2.53 bits per heavy atom. The highest BCUT2D eigenvalue weighted by atomic mass is 16.5. The maximum Gasteiger partial charge on any atom is 0.119 e. The van der Waals surface area contributed by atoms with Crippen molar-refractivity contribution in [3.05, 3.63) is 29.8 Å². The Morgan fingerprint density at radius 1 is 1.12 bits per heavy atom. The van der Waals surface area contributed by atoms with Crippen LogP contribution in [0.4, 0.5) is 0 Å². The summed E-state index contributed by atoms with van der Waals surface area (Å²) in [4.78, 5) is 1.68. The molecule has 0 fully saturated rings. The van der Waals surface area contributed by atoms with E-state index in [0.717, 1.165) is 18.8 Å². The van der Waals surface area contributed by atoms with Crippen molar-refractivity contribution in [1.82, 2.24) is 0 Å². The standard InChI is InChI=1S/C15H25NO/c1-4-16(5-2)11-6-7-12-17-15-10-8-9-14(3)13-15/h8-10,13H,4-7,11-12H2,1-3H3/p+1. The summed E-state index contributed by atoms with van der Waals surface area (Å²) in [6, 6.07) is 8.26. The number of quaternary nitrogens is 1. The lowest BCUT2D eigenvalue weighted by molar-refractivity contribution is -0.896. The van der Waals surface area contributed by atoms with Crippen molar-refractivity contribution in [1.29, 1.82) is 0 Å². The zero-order valence-electron chi connectivity index (χ0n) is 11.5. The Balaban J connectivity index is 2.12. The molecule has 0 aliphatic carbocycles. The molecule has 0 saturated carbocycles. The van der Waals surface area contributed by atoms with Crippen LogP contribution < -0.4 is 9.64 Å². The van der Waals surface area contributed by atoms with Crippen molar-refractivity contribution in [3.8, 4) is 5.75 Å². The third kappa shape index (κ3) is 5.73. The number of nitrogens with one attached hydrogen (secondary N) is 1. The SMILES string of the molecule is CC[NH+](CC)CCCCOc1cccc(C)c1. The van der Waals surface area contributed by atoms with E-state index in [1.54, 1.807) is 4.90 Å². The van der Waals surface area contributed by atoms with E-state index in [4.69, 9.17) is 4.74 Å². The number of rotatable bonds is 8. The van der Waals surface area contributed by atoms with Gasteiger partial charge in [0.2, 0.25) is 0 Å². The van der Waals surface area contributed by atoms with Gasteiger partial charge in [0.25, 0.3) is 0 Å². The number of aryl methyl sites for hydroxylation is 1. The van der Waals surface area contributed by atoms with E-state index in [2.05, 4.69) is 32.9 Å². The zero-order chi connectivity index (χ0) is 12.5. The lowest BCUT2D eigenvalue weighted by atomic mass is 10.2. The summed E-state index contributed by atoms with van der Waals surface area (Å²) in [6.45, 7) is 11.2. The zero-order valence-corrected chi connectivity index (χ0v) is 11.5. The molecule has 0 radical (unpaired) electrons. The number of unbranched alkanes of at least 4 members (excludes halogenated alkanes) is 1. The van der Waals surface area contributed by atoms with Gasteiger partial charge in [-0.3, -0.25) is 0 Å². The molecule has 2 nitrogen and oxygen atoms in total. The summed E-state index contributed by atoms with van der Waals surface area (Å²) in [5, 5.41) is 0. The first kappa shape index (κ1) is 14.0. The lowest BCUT2D eigenvalue weighted by Crippen LogP contribution is -3.11. The second-order valence-electron chi connectivity index (χ2n) is 4.58. The third-order valence-corrected chi connectivity index (χ3v) is 3.18. The van der Waals surface area contributed by atoms with Gasteiger partial charge < -0.3 is 9.64 Å². The molecule has 17 heavy (non-hydrogen) atoms. The van der Waals surface area contributed by atoms with E-state index in [1.807, 2.05) is 12.1 Å². The molecule has 0 unspecified atom stereocenters. The normalized spacial score (nSPS) is 10.8. The summed E-state index contributed by atoms with van der Waals surface area (Å²) in [7, 11) is 0. The monoisotopic (exact) mass is 236 g/mol. The smallest absolute Gasteiger partial charge is 0.119 e. The summed E-state index contributed by atoms with van der Waals surface area (Å²) in [6.07, 6.45) is 2.40. The van der Waals surface area contributed by atoms with Crippen molar-refractivity contribution >= 4 is 0 Å². The Bertz CT molecular complexity index is 308. The highest BCUT2D eigenvalue weighted by molar-refractivity contribution is 5.27. The maximum atomic E-state index is 5.73. The molecule has 0 aromatic heterocycles. The van der Waals surface area contributed by atoms with E-state index in [9.17, 15) is 0 Å². The van der Waals surface area contributed by atoms with Crippen LogP contribution in [-0.4, -0.2) is 26.2 Å². The lowest BCUT2D eigenvalue weighted by Gasteiger charge is -2.15. The van der Waals surface area contributed by atoms with Crippen molar-refractivity contribution in [2.45, 2.75) is 33.6 Å². The minimum absolute atomic E-state index is 0.837. The van der Waals surface area contributed by atoms with Gasteiger partial charge in [-0.05, 0) is 51.3 Å². The quantitative estimate of drug-likeness (QED) is 0.682. The van der Waals surface area contributed by atoms with Gasteiger partial charge in [-0.1, -0.05) is 12.1 Å². The van der Waals surface area contributed by atoms with Crippen LogP contribution in [0.1, 0.15) is 32.3 Å². The van der Waals surface area contributed by atoms with Crippen molar-refractivity contribution in [2.24, 2.45) is 0 Å². The molecule has 0 amide bonds. The fraction of sp³-hybridized carbons (Fsp3) is 0.600. The van der Waals surface area contributed by atoms with Crippen LogP contribution in [0.25, 0.3) is 0 Å². The summed E-state index contributed by atoms with van der Waals surface area (Å²) >= 11 is 0. The molecule has 2 heteroatoms. The minimum atomic E-state index is 0.837. The van der Waals surface area contributed by atoms with Crippen LogP contribution in [0.3, 0.4) is 0 Å². The van der Waals surface area contributed by atoms with E-state index in [1.165, 1.54) is 31.6 Å². The molecule has 0 aliphatic rings. The third-order valence-electron chi connectivity index (χ3n) is 3.18. The van der Waals surface area contributed by atoms with Gasteiger partial charge in [0, 0.05) is 0 Å². The fourth-order valence-electron chi connectivity index (χ4n) is 1.98. The van der Waals surface area contributed by atoms with Gasteiger partial charge >= 0.3 is 0 Å². The van der Waals surface area contributed by atoms with E-state index < -0.39 is 0 Å². The molecule has 1 rings (SSSR count). The molecule has 96 valence electrons. The van der Waals surface area contributed by atoms with Crippen molar-refractivity contribution < 1.29 is 9.64 Å². The molecule has 1 aromatic rings. The Kier molecular flexibility index (Phi) is 6.71. The summed E-state index contributed by atoms with van der Waals surface area (Å²) in [5.74, 6) is 1.00. The highest BCUT2D eigenvalue weighted by Crippen LogP contribution is 2.12. The fourth-order valence-corrected chi connectivity index (χ4v) is 1.98. The largest absolute Gasteiger partial charge is 0.494 e. The minimum Gasteiger partial charge on any atom is -0.494 e. The summed E-state index contributed by atoms with van der Waals surface area (Å²) < 4.78 is 5.73. The highest BCUT2D eigenvalue weighted by Gasteiger charge is 2.01. The molecule has 0 heterocycles. The van der Waals surface area contributed by atoms with Crippen molar-refractivity contribution in [3.63, 3.8) is 0 Å². The molecule has 0 atom stereocenters. The molecule has 0 saturated heterocycles. The average molecular weight is 236 g/mol. The van der Waals surface area contributed by atoms with Crippen LogP contribution in [-0.2, 0) is 0 Å². The molecular weight excluding hydrogens is 210 g/mol. The van der Waals surface area contributed by atoms with E-state index in [0.29, 0.717) is 0 Å². The molecule has 0 aliphatic heterocycles. The number of benzene rings is 1. The maximum absolute atomic E-state index is 5.73. The molecule has 0 spiro atoms. The van der Waals surface area contributed by atoms with Gasteiger partial charge in [-0.25, -0.2) is 0 Å². The first-order valence-electron chi connectivity index (χ1n) is 6.79. The first-order valence-corrected chi connectivity index (χ1v) is 6.79. The van der Waals surface area contributed by atoms with Gasteiger partial charge in [0.05, 0.1) is 26.2 Å². The van der Waals surface area contributed by atoms with Gasteiger partial charge in [-0.2, -0.15) is 0 Å². The van der Waals surface area contributed by atoms with Crippen LogP contribution in [0.5, 0.6) is 5.75 Å². The average Bonchev–Trinajstić information content (AvgIpc) is 2.34. The molecular formula is C15H26NO+. The second-order valence-corrected chi connectivity index (χ2v) is 4.58. The predicted octanol–water partition coefficient (Wildman–Crippen LogP) is 2.08. The van der Waals surface area contributed by atoms with Gasteiger partial charge in [0.1, 0.15) is 5.75 Å². The first-order chi connectivity index (χ1) is 8.26. The van der Waals surface area contributed by atoms with Crippen LogP contribution in [0, 0.1) is 6.92 Å². The second kappa shape index (κ2) is 8.13. The number of hydrogen-bond donors (Lipinski definition) is 1. The summed E-state index contributed by atoms with van der Waals surface area (Å²) in [5.41, 5.74) is 1.26. The predicted molar refractivity (Wildman–Crippen MR) is 72.8 cm³/mol. The van der Waals surface area contributed by atoms with Gasteiger partial charge in [-0.15, -0.1) is 0 Å². The Morgan fingerprint density at radius 2 is 1.88 bits per heavy atom. The van der Waals surface area contributed by atoms with Crippen LogP contribution in [0.2, 0.25) is 0 Å². The van der Waals surface area contributed by atoms with E-state index in [-0.39, 0.29) is 0 Å². The number of hydrogen-bond acceptors (Lipinski definition) is 1. The molecule has 0 bridgehead atoms. The Labute approximate surface area is 106 Å². The van der Waals surface area contributed by atoms with Gasteiger partial charge in [0.15, 0.2) is 0 Å².